The summed E-state index contributed by atoms with van der Waals surface area (Å²) < 4.78 is 6.99. The summed E-state index contributed by atoms with van der Waals surface area (Å²) in [7, 11) is 3.48. The first-order valence-electron chi connectivity index (χ1n) is 7.51. The van der Waals surface area contributed by atoms with E-state index in [0.29, 0.717) is 12.6 Å². The Bertz CT molecular complexity index is 718. The number of hydrogen-bond acceptors (Lipinski definition) is 3. The lowest BCUT2D eigenvalue weighted by Crippen LogP contribution is -2.29. The number of methoxy groups -OCH3 is 1. The van der Waals surface area contributed by atoms with Gasteiger partial charge in [-0.25, -0.2) is 0 Å². The predicted octanol–water partition coefficient (Wildman–Crippen LogP) is 2.87. The number of nitrogens with one attached hydrogen (secondary N) is 1. The molecule has 0 aliphatic rings. The third-order valence-electron chi connectivity index (χ3n) is 3.77. The fourth-order valence-electron chi connectivity index (χ4n) is 2.46. The van der Waals surface area contributed by atoms with Crippen molar-refractivity contribution in [3.05, 3.63) is 51.8 Å². The zero-order chi connectivity index (χ0) is 16.3. The van der Waals surface area contributed by atoms with Gasteiger partial charge in [0.15, 0.2) is 0 Å². The molecule has 0 fully saturated rings. The summed E-state index contributed by atoms with van der Waals surface area (Å²) in [6.07, 6.45) is 0. The van der Waals surface area contributed by atoms with Gasteiger partial charge in [0.2, 0.25) is 0 Å². The number of nitrogens with zero attached hydrogens (tertiary/aromatic N) is 1. The molecule has 1 heterocycles. The molecular formula is C18H24N2O2. The smallest absolute Gasteiger partial charge is 0.255 e. The molecular weight excluding hydrogens is 276 g/mol. The quantitative estimate of drug-likeness (QED) is 0.923. The normalized spacial score (nSPS) is 11.0. The van der Waals surface area contributed by atoms with Gasteiger partial charge in [0, 0.05) is 25.2 Å². The first-order valence-corrected chi connectivity index (χ1v) is 7.51. The monoisotopic (exact) mass is 300 g/mol. The summed E-state index contributed by atoms with van der Waals surface area (Å²) in [5, 5.41) is 3.28. The molecule has 0 atom stereocenters. The number of aromatic nitrogens is 1. The third kappa shape index (κ3) is 3.39. The minimum Gasteiger partial charge on any atom is -0.496 e. The maximum absolute atomic E-state index is 12.5. The lowest BCUT2D eigenvalue weighted by Gasteiger charge is -2.13. The Kier molecular flexibility index (Phi) is 5.03. The van der Waals surface area contributed by atoms with Crippen molar-refractivity contribution in [2.45, 2.75) is 33.4 Å². The van der Waals surface area contributed by atoms with Crippen LogP contribution in [0.1, 0.15) is 25.0 Å². The first kappa shape index (κ1) is 16.3. The highest BCUT2D eigenvalue weighted by molar-refractivity contribution is 5.62. The average molecular weight is 300 g/mol. The van der Waals surface area contributed by atoms with E-state index in [1.54, 1.807) is 11.7 Å². The molecule has 2 rings (SSSR count). The van der Waals surface area contributed by atoms with Crippen molar-refractivity contribution in [1.82, 2.24) is 9.88 Å². The molecule has 0 amide bonds. The number of pyridine rings is 1. The SMILES string of the molecule is COc1ccc(-c2ccc(CNC(C)C)c(=O)n2C)cc1C. The van der Waals surface area contributed by atoms with Crippen LogP contribution < -0.4 is 15.6 Å². The van der Waals surface area contributed by atoms with Crippen LogP contribution in [0.2, 0.25) is 0 Å². The van der Waals surface area contributed by atoms with Gasteiger partial charge in [-0.1, -0.05) is 19.9 Å². The Morgan fingerprint density at radius 3 is 2.55 bits per heavy atom. The van der Waals surface area contributed by atoms with Crippen molar-refractivity contribution in [3.8, 4) is 17.0 Å². The Labute approximate surface area is 131 Å². The van der Waals surface area contributed by atoms with E-state index in [1.807, 2.05) is 44.3 Å². The number of aryl methyl sites for hydroxylation is 1. The van der Waals surface area contributed by atoms with E-state index in [-0.39, 0.29) is 5.56 Å². The maximum Gasteiger partial charge on any atom is 0.255 e. The molecule has 4 heteroatoms. The minimum atomic E-state index is 0.0409. The molecule has 0 bridgehead atoms. The fraction of sp³-hybridized carbons (Fsp3) is 0.389. The number of rotatable bonds is 5. The standard InChI is InChI=1S/C18H24N2O2/c1-12(2)19-11-15-6-8-16(20(4)18(15)21)14-7-9-17(22-5)13(3)10-14/h6-10,12,19H,11H2,1-5H3. The Morgan fingerprint density at radius 2 is 1.95 bits per heavy atom. The second-order valence-electron chi connectivity index (χ2n) is 5.83. The maximum atomic E-state index is 12.5. The van der Waals surface area contributed by atoms with Gasteiger partial charge in [0.1, 0.15) is 5.75 Å². The van der Waals surface area contributed by atoms with Crippen LogP contribution >= 0.6 is 0 Å². The van der Waals surface area contributed by atoms with Gasteiger partial charge in [0.25, 0.3) is 5.56 Å². The fourth-order valence-corrected chi connectivity index (χ4v) is 2.46. The largest absolute Gasteiger partial charge is 0.496 e. The lowest BCUT2D eigenvalue weighted by atomic mass is 10.1. The zero-order valence-electron chi connectivity index (χ0n) is 13.9. The second kappa shape index (κ2) is 6.79. The highest BCUT2D eigenvalue weighted by atomic mass is 16.5. The van der Waals surface area contributed by atoms with Gasteiger partial charge in [0.05, 0.1) is 12.8 Å². The lowest BCUT2D eigenvalue weighted by molar-refractivity contribution is 0.412. The minimum absolute atomic E-state index is 0.0409. The summed E-state index contributed by atoms with van der Waals surface area (Å²) >= 11 is 0. The molecule has 118 valence electrons. The summed E-state index contributed by atoms with van der Waals surface area (Å²) in [6.45, 7) is 6.73. The summed E-state index contributed by atoms with van der Waals surface area (Å²) in [4.78, 5) is 12.5. The van der Waals surface area contributed by atoms with Gasteiger partial charge in [-0.2, -0.15) is 0 Å². The van der Waals surface area contributed by atoms with Crippen molar-refractivity contribution in [2.24, 2.45) is 7.05 Å². The number of hydrogen-bond donors (Lipinski definition) is 1. The van der Waals surface area contributed by atoms with Crippen molar-refractivity contribution < 1.29 is 4.74 Å². The zero-order valence-corrected chi connectivity index (χ0v) is 13.9. The van der Waals surface area contributed by atoms with Crippen molar-refractivity contribution in [2.75, 3.05) is 7.11 Å². The van der Waals surface area contributed by atoms with Gasteiger partial charge in [-0.15, -0.1) is 0 Å². The third-order valence-corrected chi connectivity index (χ3v) is 3.77. The molecule has 0 saturated carbocycles. The van der Waals surface area contributed by atoms with E-state index in [9.17, 15) is 4.79 Å². The molecule has 1 N–H and O–H groups in total. The molecule has 1 aromatic carbocycles. The van der Waals surface area contributed by atoms with Crippen LogP contribution in [-0.4, -0.2) is 17.7 Å². The Balaban J connectivity index is 2.39. The highest BCUT2D eigenvalue weighted by Gasteiger charge is 2.09. The van der Waals surface area contributed by atoms with E-state index in [1.165, 1.54) is 0 Å². The van der Waals surface area contributed by atoms with E-state index >= 15 is 0 Å². The van der Waals surface area contributed by atoms with E-state index in [0.717, 1.165) is 28.1 Å². The van der Waals surface area contributed by atoms with Crippen LogP contribution in [0.3, 0.4) is 0 Å². The topological polar surface area (TPSA) is 43.3 Å². The van der Waals surface area contributed by atoms with Crippen LogP contribution in [0.5, 0.6) is 5.75 Å². The second-order valence-corrected chi connectivity index (χ2v) is 5.83. The molecule has 22 heavy (non-hydrogen) atoms. The molecule has 0 spiro atoms. The summed E-state index contributed by atoms with van der Waals surface area (Å²) in [5.74, 6) is 0.853. The molecule has 0 radical (unpaired) electrons. The molecule has 0 unspecified atom stereocenters. The molecule has 4 nitrogen and oxygen atoms in total. The molecule has 0 aliphatic heterocycles. The Morgan fingerprint density at radius 1 is 1.23 bits per heavy atom. The number of ether oxygens (including phenoxy) is 1. The molecule has 1 aromatic heterocycles. The summed E-state index contributed by atoms with van der Waals surface area (Å²) in [5.41, 5.74) is 3.80. The van der Waals surface area contributed by atoms with Crippen molar-refractivity contribution in [3.63, 3.8) is 0 Å². The van der Waals surface area contributed by atoms with Crippen LogP contribution in [-0.2, 0) is 13.6 Å². The van der Waals surface area contributed by atoms with Gasteiger partial charge >= 0.3 is 0 Å². The Hall–Kier alpha value is -2.07. The molecule has 0 aliphatic carbocycles. The first-order chi connectivity index (χ1) is 10.4. The van der Waals surface area contributed by atoms with E-state index in [4.69, 9.17) is 4.74 Å². The molecule has 0 saturated heterocycles. The van der Waals surface area contributed by atoms with Gasteiger partial charge < -0.3 is 14.6 Å². The number of benzene rings is 1. The van der Waals surface area contributed by atoms with Crippen LogP contribution in [0, 0.1) is 6.92 Å². The van der Waals surface area contributed by atoms with Gasteiger partial charge in [-0.3, -0.25) is 4.79 Å². The summed E-state index contributed by atoms with van der Waals surface area (Å²) in [6, 6.07) is 10.2. The van der Waals surface area contributed by atoms with Crippen LogP contribution in [0.15, 0.2) is 35.1 Å². The van der Waals surface area contributed by atoms with E-state index in [2.05, 4.69) is 19.2 Å². The molecule has 2 aromatic rings. The van der Waals surface area contributed by atoms with Crippen molar-refractivity contribution >= 4 is 0 Å². The van der Waals surface area contributed by atoms with Crippen molar-refractivity contribution in [1.29, 1.82) is 0 Å². The predicted molar refractivity (Wildman–Crippen MR) is 90.4 cm³/mol. The average Bonchev–Trinajstić information content (AvgIpc) is 2.48. The van der Waals surface area contributed by atoms with E-state index < -0.39 is 0 Å². The highest BCUT2D eigenvalue weighted by Crippen LogP contribution is 2.25. The van der Waals surface area contributed by atoms with Crippen LogP contribution in [0.25, 0.3) is 11.3 Å². The van der Waals surface area contributed by atoms with Gasteiger partial charge in [-0.05, 0) is 42.3 Å². The van der Waals surface area contributed by atoms with Crippen LogP contribution in [0.4, 0.5) is 0 Å².